The van der Waals surface area contributed by atoms with Gasteiger partial charge >= 0.3 is 0 Å². The lowest BCUT2D eigenvalue weighted by Gasteiger charge is -2.26. The predicted molar refractivity (Wildman–Crippen MR) is 73.2 cm³/mol. The first-order chi connectivity index (χ1) is 8.30. The van der Waals surface area contributed by atoms with E-state index in [0.29, 0.717) is 0 Å². The van der Waals surface area contributed by atoms with Crippen LogP contribution in [-0.4, -0.2) is 48.8 Å². The van der Waals surface area contributed by atoms with Gasteiger partial charge in [-0.3, -0.25) is 0 Å². The summed E-state index contributed by atoms with van der Waals surface area (Å²) in [5.41, 5.74) is 0. The van der Waals surface area contributed by atoms with Gasteiger partial charge in [0.25, 0.3) is 0 Å². The van der Waals surface area contributed by atoms with Gasteiger partial charge in [-0.05, 0) is 51.2 Å². The number of aliphatic hydroxyl groups excluding tert-OH is 1. The Morgan fingerprint density at radius 2 is 2.12 bits per heavy atom. The molecule has 0 radical (unpaired) electrons. The van der Waals surface area contributed by atoms with Gasteiger partial charge in [-0.25, -0.2) is 0 Å². The molecular formula is C14H30N2O. The quantitative estimate of drug-likeness (QED) is 0.715. The van der Waals surface area contributed by atoms with E-state index < -0.39 is 0 Å². The molecule has 1 aliphatic rings. The van der Waals surface area contributed by atoms with Crippen molar-refractivity contribution < 1.29 is 5.11 Å². The van der Waals surface area contributed by atoms with Crippen LogP contribution in [0.2, 0.25) is 0 Å². The van der Waals surface area contributed by atoms with Gasteiger partial charge in [0, 0.05) is 12.6 Å². The SMILES string of the molecule is CCCNC(CO)CN1CCCC(CC)CC1. The molecule has 102 valence electrons. The Bertz CT molecular complexity index is 187. The molecule has 1 aliphatic heterocycles. The van der Waals surface area contributed by atoms with Crippen LogP contribution >= 0.6 is 0 Å². The molecule has 1 heterocycles. The normalized spacial score (nSPS) is 24.5. The molecule has 0 amide bonds. The van der Waals surface area contributed by atoms with Crippen LogP contribution in [0, 0.1) is 5.92 Å². The lowest BCUT2D eigenvalue weighted by Crippen LogP contribution is -2.44. The number of likely N-dealkylation sites (tertiary alicyclic amines) is 1. The van der Waals surface area contributed by atoms with E-state index in [2.05, 4.69) is 24.1 Å². The topological polar surface area (TPSA) is 35.5 Å². The van der Waals surface area contributed by atoms with E-state index >= 15 is 0 Å². The van der Waals surface area contributed by atoms with Crippen molar-refractivity contribution in [2.24, 2.45) is 5.92 Å². The standard InChI is InChI=1S/C14H30N2O/c1-3-8-15-14(12-17)11-16-9-5-6-13(4-2)7-10-16/h13-15,17H,3-12H2,1-2H3. The maximum Gasteiger partial charge on any atom is 0.0597 e. The third-order valence-corrected chi connectivity index (χ3v) is 3.90. The van der Waals surface area contributed by atoms with Gasteiger partial charge in [0.05, 0.1) is 6.61 Å². The summed E-state index contributed by atoms with van der Waals surface area (Å²) in [6.07, 6.45) is 6.51. The van der Waals surface area contributed by atoms with Gasteiger partial charge in [0.2, 0.25) is 0 Å². The summed E-state index contributed by atoms with van der Waals surface area (Å²) >= 11 is 0. The summed E-state index contributed by atoms with van der Waals surface area (Å²) in [6, 6.07) is 0.258. The molecular weight excluding hydrogens is 212 g/mol. The minimum Gasteiger partial charge on any atom is -0.395 e. The Kier molecular flexibility index (Phi) is 7.82. The second kappa shape index (κ2) is 8.90. The Balaban J connectivity index is 2.28. The lowest BCUT2D eigenvalue weighted by atomic mass is 9.98. The number of aliphatic hydroxyl groups is 1. The fourth-order valence-electron chi connectivity index (χ4n) is 2.66. The van der Waals surface area contributed by atoms with Gasteiger partial charge in [0.15, 0.2) is 0 Å². The highest BCUT2D eigenvalue weighted by Gasteiger charge is 2.18. The first-order valence-electron chi connectivity index (χ1n) is 7.36. The summed E-state index contributed by atoms with van der Waals surface area (Å²) < 4.78 is 0. The van der Waals surface area contributed by atoms with Crippen LogP contribution in [0.5, 0.6) is 0 Å². The van der Waals surface area contributed by atoms with Gasteiger partial charge < -0.3 is 15.3 Å². The summed E-state index contributed by atoms with van der Waals surface area (Å²) in [4.78, 5) is 2.53. The molecule has 3 heteroatoms. The predicted octanol–water partition coefficient (Wildman–Crippen LogP) is 1.86. The number of hydrogen-bond acceptors (Lipinski definition) is 3. The van der Waals surface area contributed by atoms with Crippen LogP contribution in [0.25, 0.3) is 0 Å². The molecule has 3 nitrogen and oxygen atoms in total. The number of rotatable bonds is 7. The Labute approximate surface area is 107 Å². The average molecular weight is 242 g/mol. The molecule has 0 aliphatic carbocycles. The van der Waals surface area contributed by atoms with Gasteiger partial charge in [0.1, 0.15) is 0 Å². The molecule has 2 unspecified atom stereocenters. The number of nitrogens with zero attached hydrogens (tertiary/aromatic N) is 1. The van der Waals surface area contributed by atoms with Crippen molar-refractivity contribution in [3.8, 4) is 0 Å². The Hall–Kier alpha value is -0.120. The van der Waals surface area contributed by atoms with E-state index in [1.54, 1.807) is 0 Å². The smallest absolute Gasteiger partial charge is 0.0597 e. The zero-order chi connectivity index (χ0) is 12.5. The van der Waals surface area contributed by atoms with Crippen molar-refractivity contribution in [1.29, 1.82) is 0 Å². The van der Waals surface area contributed by atoms with E-state index in [9.17, 15) is 5.11 Å². The van der Waals surface area contributed by atoms with Gasteiger partial charge in [-0.1, -0.05) is 20.3 Å². The molecule has 0 spiro atoms. The van der Waals surface area contributed by atoms with E-state index in [0.717, 1.165) is 25.4 Å². The molecule has 1 saturated heterocycles. The van der Waals surface area contributed by atoms with Gasteiger partial charge in [-0.2, -0.15) is 0 Å². The monoisotopic (exact) mass is 242 g/mol. The molecule has 2 atom stereocenters. The second-order valence-corrected chi connectivity index (χ2v) is 5.34. The fraction of sp³-hybridized carbons (Fsp3) is 1.00. The summed E-state index contributed by atoms with van der Waals surface area (Å²) in [6.45, 7) is 9.17. The van der Waals surface area contributed by atoms with Crippen LogP contribution in [0.4, 0.5) is 0 Å². The van der Waals surface area contributed by atoms with Crippen molar-refractivity contribution in [3.63, 3.8) is 0 Å². The maximum absolute atomic E-state index is 9.36. The highest BCUT2D eigenvalue weighted by atomic mass is 16.3. The fourth-order valence-corrected chi connectivity index (χ4v) is 2.66. The highest BCUT2D eigenvalue weighted by Crippen LogP contribution is 2.20. The van der Waals surface area contributed by atoms with Crippen LogP contribution in [0.15, 0.2) is 0 Å². The first kappa shape index (κ1) is 14.9. The maximum atomic E-state index is 9.36. The Morgan fingerprint density at radius 3 is 2.76 bits per heavy atom. The van der Waals surface area contributed by atoms with Crippen molar-refractivity contribution >= 4 is 0 Å². The molecule has 0 aromatic carbocycles. The molecule has 2 N–H and O–H groups in total. The van der Waals surface area contributed by atoms with Crippen molar-refractivity contribution in [3.05, 3.63) is 0 Å². The summed E-state index contributed by atoms with van der Waals surface area (Å²) in [5, 5.41) is 12.8. The van der Waals surface area contributed by atoms with E-state index in [1.807, 2.05) is 0 Å². The Morgan fingerprint density at radius 1 is 1.29 bits per heavy atom. The molecule has 1 rings (SSSR count). The first-order valence-corrected chi connectivity index (χ1v) is 7.36. The van der Waals surface area contributed by atoms with Gasteiger partial charge in [-0.15, -0.1) is 0 Å². The minimum atomic E-state index is 0.258. The third-order valence-electron chi connectivity index (χ3n) is 3.90. The molecule has 0 bridgehead atoms. The third kappa shape index (κ3) is 5.84. The van der Waals surface area contributed by atoms with Crippen LogP contribution in [0.3, 0.4) is 0 Å². The molecule has 0 aromatic rings. The molecule has 1 fully saturated rings. The van der Waals surface area contributed by atoms with Crippen molar-refractivity contribution in [2.45, 2.75) is 52.0 Å². The summed E-state index contributed by atoms with van der Waals surface area (Å²) in [7, 11) is 0. The van der Waals surface area contributed by atoms with Crippen LogP contribution in [-0.2, 0) is 0 Å². The van der Waals surface area contributed by atoms with E-state index in [4.69, 9.17) is 0 Å². The zero-order valence-corrected chi connectivity index (χ0v) is 11.6. The largest absolute Gasteiger partial charge is 0.395 e. The van der Waals surface area contributed by atoms with E-state index in [-0.39, 0.29) is 12.6 Å². The molecule has 17 heavy (non-hydrogen) atoms. The lowest BCUT2D eigenvalue weighted by molar-refractivity contribution is 0.183. The van der Waals surface area contributed by atoms with Crippen molar-refractivity contribution in [2.75, 3.05) is 32.8 Å². The second-order valence-electron chi connectivity index (χ2n) is 5.34. The molecule has 0 saturated carbocycles. The van der Waals surface area contributed by atoms with Crippen molar-refractivity contribution in [1.82, 2.24) is 10.2 Å². The molecule has 0 aromatic heterocycles. The van der Waals surface area contributed by atoms with Crippen LogP contribution < -0.4 is 5.32 Å². The summed E-state index contributed by atoms with van der Waals surface area (Å²) in [5.74, 6) is 0.927. The number of hydrogen-bond donors (Lipinski definition) is 2. The zero-order valence-electron chi connectivity index (χ0n) is 11.6. The minimum absolute atomic E-state index is 0.258. The number of nitrogens with one attached hydrogen (secondary N) is 1. The van der Waals surface area contributed by atoms with Crippen LogP contribution in [0.1, 0.15) is 46.0 Å². The van der Waals surface area contributed by atoms with E-state index in [1.165, 1.54) is 38.8 Å². The average Bonchev–Trinajstić information content (AvgIpc) is 2.59. The highest BCUT2D eigenvalue weighted by molar-refractivity contribution is 4.75.